The third-order valence-corrected chi connectivity index (χ3v) is 4.66. The number of para-hydroxylation sites is 1. The van der Waals surface area contributed by atoms with Gasteiger partial charge < -0.3 is 19.6 Å². The van der Waals surface area contributed by atoms with E-state index < -0.39 is 0 Å². The van der Waals surface area contributed by atoms with Crippen LogP contribution in [0.2, 0.25) is 0 Å². The molecule has 0 spiro atoms. The van der Waals surface area contributed by atoms with Gasteiger partial charge in [0.25, 0.3) is 0 Å². The van der Waals surface area contributed by atoms with Gasteiger partial charge in [-0.3, -0.25) is 4.79 Å². The molecular formula is C22H22N4O2. The van der Waals surface area contributed by atoms with Gasteiger partial charge in [-0.2, -0.15) is 0 Å². The number of benzene rings is 2. The molecule has 0 atom stereocenters. The van der Waals surface area contributed by atoms with E-state index in [0.717, 1.165) is 40.1 Å². The molecule has 0 aliphatic heterocycles. The second-order valence-corrected chi connectivity index (χ2v) is 6.68. The van der Waals surface area contributed by atoms with E-state index in [1.165, 1.54) is 0 Å². The number of aryl methyl sites for hydroxylation is 1. The molecule has 0 radical (unpaired) electrons. The predicted molar refractivity (Wildman–Crippen MR) is 110 cm³/mol. The number of ether oxygens (including phenoxy) is 1. The fourth-order valence-corrected chi connectivity index (χ4v) is 3.28. The van der Waals surface area contributed by atoms with Crippen molar-refractivity contribution < 1.29 is 9.53 Å². The number of imidazole rings is 1. The number of aromatic nitrogens is 3. The molecule has 142 valence electrons. The van der Waals surface area contributed by atoms with Crippen molar-refractivity contribution in [1.29, 1.82) is 0 Å². The molecule has 2 aromatic heterocycles. The first kappa shape index (κ1) is 17.9. The van der Waals surface area contributed by atoms with Crippen LogP contribution in [0.4, 0.5) is 5.69 Å². The Balaban J connectivity index is 1.38. The summed E-state index contributed by atoms with van der Waals surface area (Å²) in [4.78, 5) is 19.9. The zero-order valence-electron chi connectivity index (χ0n) is 15.7. The highest BCUT2D eigenvalue weighted by atomic mass is 16.5. The zero-order valence-corrected chi connectivity index (χ0v) is 15.7. The Labute approximate surface area is 163 Å². The van der Waals surface area contributed by atoms with Crippen molar-refractivity contribution in [2.75, 3.05) is 11.9 Å². The first-order valence-electron chi connectivity index (χ1n) is 9.24. The highest BCUT2D eigenvalue weighted by molar-refractivity contribution is 5.96. The second kappa shape index (κ2) is 8.00. The average Bonchev–Trinajstić information content (AvgIpc) is 3.30. The Hall–Kier alpha value is -3.54. The summed E-state index contributed by atoms with van der Waals surface area (Å²) in [5.41, 5.74) is 3.83. The van der Waals surface area contributed by atoms with E-state index in [-0.39, 0.29) is 5.91 Å². The molecule has 2 heterocycles. The number of fused-ring (bicyclic) bond motifs is 1. The van der Waals surface area contributed by atoms with E-state index in [2.05, 4.69) is 15.3 Å². The Bertz CT molecular complexity index is 1080. The quantitative estimate of drug-likeness (QED) is 0.515. The average molecular weight is 374 g/mol. The SMILES string of the molecule is Cc1[nH]c2ccccc2c1CC(=O)Nc1cccc(OCCn2ccnc2)c1. The van der Waals surface area contributed by atoms with Crippen LogP contribution in [0.1, 0.15) is 11.3 Å². The highest BCUT2D eigenvalue weighted by Crippen LogP contribution is 2.23. The summed E-state index contributed by atoms with van der Waals surface area (Å²) in [6.07, 6.45) is 5.71. The predicted octanol–water partition coefficient (Wildman–Crippen LogP) is 3.93. The minimum absolute atomic E-state index is 0.0524. The largest absolute Gasteiger partial charge is 0.492 e. The summed E-state index contributed by atoms with van der Waals surface area (Å²) in [7, 11) is 0. The molecule has 0 saturated carbocycles. The van der Waals surface area contributed by atoms with E-state index in [4.69, 9.17) is 4.74 Å². The molecule has 0 aliphatic rings. The molecule has 2 N–H and O–H groups in total. The molecule has 4 rings (SSSR count). The summed E-state index contributed by atoms with van der Waals surface area (Å²) in [5.74, 6) is 0.671. The smallest absolute Gasteiger partial charge is 0.228 e. The number of anilines is 1. The summed E-state index contributed by atoms with van der Waals surface area (Å²) < 4.78 is 7.73. The monoisotopic (exact) mass is 374 g/mol. The maximum absolute atomic E-state index is 12.6. The van der Waals surface area contributed by atoms with Gasteiger partial charge in [-0.05, 0) is 30.7 Å². The molecule has 28 heavy (non-hydrogen) atoms. The van der Waals surface area contributed by atoms with Crippen LogP contribution in [0.15, 0.2) is 67.3 Å². The topological polar surface area (TPSA) is 71.9 Å². The second-order valence-electron chi connectivity index (χ2n) is 6.68. The number of carbonyl (C=O) groups is 1. The van der Waals surface area contributed by atoms with Gasteiger partial charge in [0.15, 0.2) is 0 Å². The van der Waals surface area contributed by atoms with Crippen LogP contribution in [0.5, 0.6) is 5.75 Å². The Morgan fingerprint density at radius 2 is 2.11 bits per heavy atom. The van der Waals surface area contributed by atoms with Crippen molar-refractivity contribution in [3.63, 3.8) is 0 Å². The van der Waals surface area contributed by atoms with E-state index in [9.17, 15) is 4.79 Å². The summed E-state index contributed by atoms with van der Waals surface area (Å²) in [5, 5.41) is 4.06. The molecule has 0 aliphatic carbocycles. The lowest BCUT2D eigenvalue weighted by atomic mass is 10.1. The fourth-order valence-electron chi connectivity index (χ4n) is 3.28. The van der Waals surface area contributed by atoms with Crippen LogP contribution in [-0.2, 0) is 17.8 Å². The molecule has 0 fully saturated rings. The van der Waals surface area contributed by atoms with Crippen LogP contribution in [0, 0.1) is 6.92 Å². The number of nitrogens with zero attached hydrogens (tertiary/aromatic N) is 2. The minimum atomic E-state index is -0.0524. The van der Waals surface area contributed by atoms with Crippen LogP contribution >= 0.6 is 0 Å². The minimum Gasteiger partial charge on any atom is -0.492 e. The lowest BCUT2D eigenvalue weighted by Crippen LogP contribution is -2.15. The first-order valence-corrected chi connectivity index (χ1v) is 9.24. The van der Waals surface area contributed by atoms with Gasteiger partial charge in [0, 0.05) is 40.7 Å². The molecule has 6 nitrogen and oxygen atoms in total. The van der Waals surface area contributed by atoms with Crippen molar-refractivity contribution in [2.45, 2.75) is 19.9 Å². The number of hydrogen-bond acceptors (Lipinski definition) is 3. The zero-order chi connectivity index (χ0) is 19.3. The number of amides is 1. The molecule has 2 aromatic carbocycles. The van der Waals surface area contributed by atoms with E-state index in [1.54, 1.807) is 12.5 Å². The highest BCUT2D eigenvalue weighted by Gasteiger charge is 2.12. The third kappa shape index (κ3) is 4.06. The number of aromatic amines is 1. The van der Waals surface area contributed by atoms with Crippen molar-refractivity contribution >= 4 is 22.5 Å². The molecule has 4 aromatic rings. The van der Waals surface area contributed by atoms with Crippen LogP contribution < -0.4 is 10.1 Å². The van der Waals surface area contributed by atoms with Gasteiger partial charge in [0.1, 0.15) is 12.4 Å². The number of hydrogen-bond donors (Lipinski definition) is 2. The summed E-state index contributed by atoms with van der Waals surface area (Å²) >= 11 is 0. The van der Waals surface area contributed by atoms with Gasteiger partial charge in [0.05, 0.1) is 19.3 Å². The molecule has 0 unspecified atom stereocenters. The normalized spacial score (nSPS) is 10.9. The Kier molecular flexibility index (Phi) is 5.10. The van der Waals surface area contributed by atoms with Crippen molar-refractivity contribution in [3.8, 4) is 5.75 Å². The Morgan fingerprint density at radius 3 is 2.96 bits per heavy atom. The molecule has 0 saturated heterocycles. The van der Waals surface area contributed by atoms with Gasteiger partial charge in [0.2, 0.25) is 5.91 Å². The summed E-state index contributed by atoms with van der Waals surface area (Å²) in [6, 6.07) is 15.5. The van der Waals surface area contributed by atoms with Crippen molar-refractivity contribution in [3.05, 3.63) is 78.5 Å². The number of carbonyl (C=O) groups excluding carboxylic acids is 1. The standard InChI is InChI=1S/C22H22N4O2/c1-16-20(19-7-2-3-8-21(19)24-16)14-22(27)25-17-5-4-6-18(13-17)28-12-11-26-10-9-23-15-26/h2-10,13,15,24H,11-12,14H2,1H3,(H,25,27). The van der Waals surface area contributed by atoms with Gasteiger partial charge in [-0.1, -0.05) is 24.3 Å². The van der Waals surface area contributed by atoms with Gasteiger partial charge in [-0.25, -0.2) is 4.98 Å². The van der Waals surface area contributed by atoms with Crippen LogP contribution in [0.25, 0.3) is 10.9 Å². The molecule has 0 bridgehead atoms. The number of H-pyrrole nitrogens is 1. The van der Waals surface area contributed by atoms with Crippen molar-refractivity contribution in [1.82, 2.24) is 14.5 Å². The lowest BCUT2D eigenvalue weighted by Gasteiger charge is -2.10. The van der Waals surface area contributed by atoms with E-state index >= 15 is 0 Å². The van der Waals surface area contributed by atoms with E-state index in [0.29, 0.717) is 13.0 Å². The van der Waals surface area contributed by atoms with Crippen LogP contribution in [-0.4, -0.2) is 27.0 Å². The van der Waals surface area contributed by atoms with E-state index in [1.807, 2.05) is 66.2 Å². The number of rotatable bonds is 7. The lowest BCUT2D eigenvalue weighted by molar-refractivity contribution is -0.115. The Morgan fingerprint density at radius 1 is 1.21 bits per heavy atom. The van der Waals surface area contributed by atoms with Gasteiger partial charge >= 0.3 is 0 Å². The summed E-state index contributed by atoms with van der Waals surface area (Å²) in [6.45, 7) is 3.25. The molecule has 1 amide bonds. The van der Waals surface area contributed by atoms with Gasteiger partial charge in [-0.15, -0.1) is 0 Å². The van der Waals surface area contributed by atoms with Crippen molar-refractivity contribution in [2.24, 2.45) is 0 Å². The maximum Gasteiger partial charge on any atom is 0.228 e. The van der Waals surface area contributed by atoms with Crippen LogP contribution in [0.3, 0.4) is 0 Å². The molecule has 6 heteroatoms. The number of nitrogens with one attached hydrogen (secondary N) is 2. The molecular weight excluding hydrogens is 352 g/mol. The maximum atomic E-state index is 12.6. The third-order valence-electron chi connectivity index (χ3n) is 4.66. The fraction of sp³-hybridized carbons (Fsp3) is 0.182. The first-order chi connectivity index (χ1) is 13.7.